The molecule has 1 aliphatic rings. The van der Waals surface area contributed by atoms with Crippen LogP contribution in [0.3, 0.4) is 0 Å². The van der Waals surface area contributed by atoms with Gasteiger partial charge in [0.25, 0.3) is 0 Å². The second-order valence-corrected chi connectivity index (χ2v) is 5.25. The quantitative estimate of drug-likeness (QED) is 0.688. The van der Waals surface area contributed by atoms with E-state index < -0.39 is 0 Å². The van der Waals surface area contributed by atoms with Crippen LogP contribution in [0, 0.1) is 5.92 Å². The second kappa shape index (κ2) is 7.24. The van der Waals surface area contributed by atoms with Gasteiger partial charge in [0.15, 0.2) is 0 Å². The Balaban J connectivity index is 2.11. The molecular formula is C13H27NO. The van der Waals surface area contributed by atoms with Gasteiger partial charge in [-0.3, -0.25) is 0 Å². The van der Waals surface area contributed by atoms with E-state index >= 15 is 0 Å². The van der Waals surface area contributed by atoms with Crippen molar-refractivity contribution in [2.45, 2.75) is 70.9 Å². The third-order valence-corrected chi connectivity index (χ3v) is 3.42. The predicted molar refractivity (Wildman–Crippen MR) is 65.0 cm³/mol. The SMILES string of the molecule is CC(O)CC(C)NCC1CCCCCC1. The summed E-state index contributed by atoms with van der Waals surface area (Å²) in [5, 5.41) is 12.8. The van der Waals surface area contributed by atoms with E-state index in [1.165, 1.54) is 38.5 Å². The number of nitrogens with one attached hydrogen (secondary N) is 1. The Morgan fingerprint density at radius 3 is 2.27 bits per heavy atom. The Hall–Kier alpha value is -0.0800. The van der Waals surface area contributed by atoms with Crippen molar-refractivity contribution < 1.29 is 5.11 Å². The highest BCUT2D eigenvalue weighted by atomic mass is 16.3. The Labute approximate surface area is 94.5 Å². The molecule has 15 heavy (non-hydrogen) atoms. The van der Waals surface area contributed by atoms with E-state index in [2.05, 4.69) is 12.2 Å². The highest BCUT2D eigenvalue weighted by molar-refractivity contribution is 4.70. The van der Waals surface area contributed by atoms with Gasteiger partial charge >= 0.3 is 0 Å². The zero-order valence-corrected chi connectivity index (χ0v) is 10.3. The highest BCUT2D eigenvalue weighted by Gasteiger charge is 2.13. The molecular weight excluding hydrogens is 186 g/mol. The van der Waals surface area contributed by atoms with Crippen LogP contribution in [0.4, 0.5) is 0 Å². The van der Waals surface area contributed by atoms with E-state index in [-0.39, 0.29) is 6.10 Å². The Morgan fingerprint density at radius 1 is 1.13 bits per heavy atom. The Morgan fingerprint density at radius 2 is 1.73 bits per heavy atom. The molecule has 0 spiro atoms. The van der Waals surface area contributed by atoms with Gasteiger partial charge in [-0.15, -0.1) is 0 Å². The summed E-state index contributed by atoms with van der Waals surface area (Å²) in [4.78, 5) is 0. The molecule has 0 aliphatic heterocycles. The van der Waals surface area contributed by atoms with Crippen molar-refractivity contribution in [3.8, 4) is 0 Å². The molecule has 1 rings (SSSR count). The van der Waals surface area contributed by atoms with E-state index in [4.69, 9.17) is 0 Å². The molecule has 0 amide bonds. The summed E-state index contributed by atoms with van der Waals surface area (Å²) in [5.41, 5.74) is 0. The average molecular weight is 213 g/mol. The fourth-order valence-electron chi connectivity index (χ4n) is 2.53. The Bertz CT molecular complexity index is 151. The van der Waals surface area contributed by atoms with Crippen molar-refractivity contribution in [2.75, 3.05) is 6.54 Å². The van der Waals surface area contributed by atoms with Gasteiger partial charge in [-0.25, -0.2) is 0 Å². The van der Waals surface area contributed by atoms with Gasteiger partial charge in [0, 0.05) is 6.04 Å². The molecule has 0 heterocycles. The molecule has 2 unspecified atom stereocenters. The van der Waals surface area contributed by atoms with E-state index in [9.17, 15) is 5.11 Å². The zero-order chi connectivity index (χ0) is 11.1. The number of aliphatic hydroxyl groups is 1. The molecule has 1 saturated carbocycles. The normalized spacial score (nSPS) is 23.4. The van der Waals surface area contributed by atoms with Crippen molar-refractivity contribution in [2.24, 2.45) is 5.92 Å². The van der Waals surface area contributed by atoms with Crippen molar-refractivity contribution in [3.63, 3.8) is 0 Å². The first-order chi connectivity index (χ1) is 7.18. The molecule has 0 radical (unpaired) electrons. The van der Waals surface area contributed by atoms with E-state index in [1.54, 1.807) is 0 Å². The van der Waals surface area contributed by atoms with E-state index in [1.807, 2.05) is 6.92 Å². The van der Waals surface area contributed by atoms with Gasteiger partial charge in [0.1, 0.15) is 0 Å². The molecule has 2 nitrogen and oxygen atoms in total. The molecule has 2 N–H and O–H groups in total. The largest absolute Gasteiger partial charge is 0.393 e. The van der Waals surface area contributed by atoms with Gasteiger partial charge in [-0.05, 0) is 45.6 Å². The standard InChI is InChI=1S/C13H27NO/c1-11(9-12(2)15)14-10-13-7-5-3-4-6-8-13/h11-15H,3-10H2,1-2H3. The molecule has 0 saturated heterocycles. The van der Waals surface area contributed by atoms with Crippen molar-refractivity contribution in [1.29, 1.82) is 0 Å². The molecule has 2 atom stereocenters. The number of aliphatic hydroxyl groups excluding tert-OH is 1. The maximum atomic E-state index is 9.26. The summed E-state index contributed by atoms with van der Waals surface area (Å²) in [5.74, 6) is 0.879. The monoisotopic (exact) mass is 213 g/mol. The maximum absolute atomic E-state index is 9.26. The smallest absolute Gasteiger partial charge is 0.0526 e. The topological polar surface area (TPSA) is 32.3 Å². The van der Waals surface area contributed by atoms with Gasteiger partial charge in [-0.1, -0.05) is 25.7 Å². The average Bonchev–Trinajstić information content (AvgIpc) is 2.41. The first-order valence-corrected chi connectivity index (χ1v) is 6.60. The van der Waals surface area contributed by atoms with Crippen LogP contribution < -0.4 is 5.32 Å². The van der Waals surface area contributed by atoms with Crippen LogP contribution in [0.1, 0.15) is 58.8 Å². The lowest BCUT2D eigenvalue weighted by Crippen LogP contribution is -2.33. The van der Waals surface area contributed by atoms with Gasteiger partial charge in [0.05, 0.1) is 6.10 Å². The summed E-state index contributed by atoms with van der Waals surface area (Å²) in [6, 6.07) is 0.452. The van der Waals surface area contributed by atoms with Gasteiger partial charge in [0.2, 0.25) is 0 Å². The van der Waals surface area contributed by atoms with Gasteiger partial charge in [-0.2, -0.15) is 0 Å². The van der Waals surface area contributed by atoms with Crippen molar-refractivity contribution in [3.05, 3.63) is 0 Å². The van der Waals surface area contributed by atoms with Crippen LogP contribution in [0.25, 0.3) is 0 Å². The van der Waals surface area contributed by atoms with Crippen LogP contribution in [-0.4, -0.2) is 23.8 Å². The lowest BCUT2D eigenvalue weighted by molar-refractivity contribution is 0.169. The lowest BCUT2D eigenvalue weighted by atomic mass is 10.00. The number of rotatable bonds is 5. The van der Waals surface area contributed by atoms with E-state index in [0.29, 0.717) is 6.04 Å². The van der Waals surface area contributed by atoms with Crippen molar-refractivity contribution >= 4 is 0 Å². The number of hydrogen-bond acceptors (Lipinski definition) is 2. The summed E-state index contributed by atoms with van der Waals surface area (Å²) in [7, 11) is 0. The zero-order valence-electron chi connectivity index (χ0n) is 10.3. The van der Waals surface area contributed by atoms with Crippen molar-refractivity contribution in [1.82, 2.24) is 5.32 Å². The van der Waals surface area contributed by atoms with Crippen LogP contribution in [0.5, 0.6) is 0 Å². The molecule has 0 bridgehead atoms. The minimum Gasteiger partial charge on any atom is -0.393 e. The summed E-state index contributed by atoms with van der Waals surface area (Å²) >= 11 is 0. The Kier molecular flexibility index (Phi) is 6.26. The summed E-state index contributed by atoms with van der Waals surface area (Å²) in [6.07, 6.45) is 9.17. The fraction of sp³-hybridized carbons (Fsp3) is 1.00. The third kappa shape index (κ3) is 6.16. The minimum atomic E-state index is -0.179. The predicted octanol–water partition coefficient (Wildman–Crippen LogP) is 2.71. The molecule has 0 aromatic heterocycles. The van der Waals surface area contributed by atoms with Crippen LogP contribution in [0.15, 0.2) is 0 Å². The van der Waals surface area contributed by atoms with Crippen LogP contribution in [0.2, 0.25) is 0 Å². The highest BCUT2D eigenvalue weighted by Crippen LogP contribution is 2.22. The molecule has 0 aromatic carbocycles. The van der Waals surface area contributed by atoms with E-state index in [0.717, 1.165) is 18.9 Å². The first-order valence-electron chi connectivity index (χ1n) is 6.60. The molecule has 1 aliphatic carbocycles. The van der Waals surface area contributed by atoms with Crippen LogP contribution >= 0.6 is 0 Å². The maximum Gasteiger partial charge on any atom is 0.0526 e. The summed E-state index contributed by atoms with van der Waals surface area (Å²) in [6.45, 7) is 5.18. The number of hydrogen-bond donors (Lipinski definition) is 2. The van der Waals surface area contributed by atoms with Gasteiger partial charge < -0.3 is 10.4 Å². The molecule has 0 aromatic rings. The lowest BCUT2D eigenvalue weighted by Gasteiger charge is -2.20. The second-order valence-electron chi connectivity index (χ2n) is 5.25. The minimum absolute atomic E-state index is 0.179. The summed E-state index contributed by atoms with van der Waals surface area (Å²) < 4.78 is 0. The molecule has 90 valence electrons. The first kappa shape index (κ1) is 13.0. The molecule has 2 heteroatoms. The molecule has 1 fully saturated rings. The third-order valence-electron chi connectivity index (χ3n) is 3.42. The fourth-order valence-corrected chi connectivity index (χ4v) is 2.53. The van der Waals surface area contributed by atoms with Crippen LogP contribution in [-0.2, 0) is 0 Å².